The Kier molecular flexibility index (Phi) is 5.45. The quantitative estimate of drug-likeness (QED) is 0.473. The van der Waals surface area contributed by atoms with Gasteiger partial charge in [-0.3, -0.25) is 4.98 Å². The Morgan fingerprint density at radius 3 is 2.65 bits per heavy atom. The summed E-state index contributed by atoms with van der Waals surface area (Å²) in [7, 11) is 1.92. The summed E-state index contributed by atoms with van der Waals surface area (Å²) in [6.07, 6.45) is -2.56. The van der Waals surface area contributed by atoms with Crippen molar-refractivity contribution in [2.24, 2.45) is 12.1 Å². The summed E-state index contributed by atoms with van der Waals surface area (Å²) in [5.74, 6) is 1.49. The first kappa shape index (κ1) is 21.9. The number of nitrogens with one attached hydrogen (secondary N) is 1. The van der Waals surface area contributed by atoms with Gasteiger partial charge in [0.05, 0.1) is 16.7 Å². The summed E-state index contributed by atoms with van der Waals surface area (Å²) in [6.45, 7) is 4.54. The molecular formula is C24H23F2N7O. The van der Waals surface area contributed by atoms with Crippen LogP contribution in [0, 0.1) is 6.92 Å². The molecule has 1 aliphatic rings. The first-order valence-corrected chi connectivity index (χ1v) is 10.9. The fourth-order valence-electron chi connectivity index (χ4n) is 4.05. The second-order valence-electron chi connectivity index (χ2n) is 7.99. The molecule has 1 unspecified atom stereocenters. The van der Waals surface area contributed by atoms with Crippen molar-refractivity contribution in [2.75, 3.05) is 16.9 Å². The van der Waals surface area contributed by atoms with E-state index in [0.717, 1.165) is 16.9 Å². The van der Waals surface area contributed by atoms with Gasteiger partial charge < -0.3 is 15.0 Å². The average molecular weight is 463 g/mol. The Morgan fingerprint density at radius 2 is 1.94 bits per heavy atom. The van der Waals surface area contributed by atoms with E-state index in [4.69, 9.17) is 0 Å². The van der Waals surface area contributed by atoms with Crippen molar-refractivity contribution in [1.29, 1.82) is 0 Å². The van der Waals surface area contributed by atoms with Gasteiger partial charge in [-0.1, -0.05) is 6.07 Å². The van der Waals surface area contributed by atoms with E-state index in [-0.39, 0.29) is 5.69 Å². The van der Waals surface area contributed by atoms with Crippen molar-refractivity contribution in [1.82, 2.24) is 19.5 Å². The van der Waals surface area contributed by atoms with Crippen molar-refractivity contribution in [2.45, 2.75) is 26.5 Å². The lowest BCUT2D eigenvalue weighted by atomic mass is 10.0. The topological polar surface area (TPSA) is 91.5 Å². The van der Waals surface area contributed by atoms with Crippen molar-refractivity contribution in [3.05, 3.63) is 76.4 Å². The predicted octanol–water partition coefficient (Wildman–Crippen LogP) is 2.61. The number of hydrogen-bond donors (Lipinski definition) is 2. The summed E-state index contributed by atoms with van der Waals surface area (Å²) in [4.78, 5) is 13.1. The molecule has 4 aromatic rings. The molecular weight excluding hydrogens is 440 g/mol. The van der Waals surface area contributed by atoms with Gasteiger partial charge in [-0.05, 0) is 50.2 Å². The van der Waals surface area contributed by atoms with Gasteiger partial charge in [-0.15, -0.1) is 0 Å². The molecule has 8 nitrogen and oxygen atoms in total. The number of anilines is 2. The first-order valence-electron chi connectivity index (χ1n) is 10.9. The molecule has 3 aromatic heterocycles. The first-order chi connectivity index (χ1) is 16.4. The fraction of sp³-hybridized carbons (Fsp3) is 0.250. The zero-order chi connectivity index (χ0) is 24.0. The van der Waals surface area contributed by atoms with Gasteiger partial charge in [0.1, 0.15) is 28.0 Å². The smallest absolute Gasteiger partial charge is 0.280 e. The molecule has 1 aromatic carbocycles. The molecule has 0 amide bonds. The number of pyridine rings is 2. The molecule has 0 bridgehead atoms. The van der Waals surface area contributed by atoms with Crippen molar-refractivity contribution in [3.8, 4) is 0 Å². The minimum absolute atomic E-state index is 0.331. The Bertz CT molecular complexity index is 1500. The number of hydrogen-bond acceptors (Lipinski definition) is 7. The minimum Gasteiger partial charge on any atom is -0.370 e. The maximum Gasteiger partial charge on any atom is 0.280 e. The number of aliphatic hydroxyl groups excluding tert-OH is 1. The third-order valence-corrected chi connectivity index (χ3v) is 5.87. The molecule has 34 heavy (non-hydrogen) atoms. The van der Waals surface area contributed by atoms with Gasteiger partial charge in [-0.2, -0.15) is 5.10 Å². The highest BCUT2D eigenvalue weighted by Crippen LogP contribution is 2.29. The summed E-state index contributed by atoms with van der Waals surface area (Å²) < 4.78 is 28.1. The zero-order valence-corrected chi connectivity index (χ0v) is 18.9. The number of benzene rings is 1. The van der Waals surface area contributed by atoms with Crippen LogP contribution < -0.4 is 21.0 Å². The van der Waals surface area contributed by atoms with E-state index in [2.05, 4.69) is 25.4 Å². The molecule has 1 atom stereocenters. The molecule has 0 radical (unpaired) electrons. The number of alkyl halides is 2. The van der Waals surface area contributed by atoms with Crippen LogP contribution >= 0.6 is 0 Å². The van der Waals surface area contributed by atoms with Crippen molar-refractivity contribution in [3.63, 3.8) is 0 Å². The third kappa shape index (κ3) is 3.65. The number of aliphatic hydroxyl groups is 1. The highest BCUT2D eigenvalue weighted by Gasteiger charge is 2.28. The van der Waals surface area contributed by atoms with Crippen LogP contribution in [0.2, 0.25) is 0 Å². The maximum absolute atomic E-state index is 13.1. The number of fused-ring (bicyclic) bond motifs is 2. The summed E-state index contributed by atoms with van der Waals surface area (Å²) in [5.41, 5.74) is 2.97. The van der Waals surface area contributed by atoms with Crippen LogP contribution in [0.5, 0.6) is 0 Å². The van der Waals surface area contributed by atoms with E-state index < -0.39 is 12.7 Å². The Morgan fingerprint density at radius 1 is 1.12 bits per heavy atom. The Balaban J connectivity index is 1.70. The van der Waals surface area contributed by atoms with Crippen molar-refractivity contribution < 1.29 is 13.9 Å². The van der Waals surface area contributed by atoms with Gasteiger partial charge in [0, 0.05) is 30.9 Å². The molecule has 0 aliphatic carbocycles. The van der Waals surface area contributed by atoms with Crippen LogP contribution in [0.3, 0.4) is 0 Å². The van der Waals surface area contributed by atoms with Crippen LogP contribution in [0.4, 0.5) is 20.3 Å². The molecule has 5 rings (SSSR count). The number of halogens is 2. The number of nitrogens with zero attached hydrogens (tertiary/aromatic N) is 6. The van der Waals surface area contributed by atoms with Gasteiger partial charge in [-0.25, -0.2) is 23.8 Å². The monoisotopic (exact) mass is 463 g/mol. The van der Waals surface area contributed by atoms with Crippen LogP contribution in [0.25, 0.3) is 16.6 Å². The number of aromatic nitrogens is 4. The average Bonchev–Trinajstić information content (AvgIpc) is 3.12. The number of imidazole rings is 1. The van der Waals surface area contributed by atoms with Crippen LogP contribution in [-0.4, -0.2) is 37.4 Å². The van der Waals surface area contributed by atoms with Crippen LogP contribution in [-0.2, 0) is 7.05 Å². The molecule has 1 aliphatic heterocycles. The normalized spacial score (nSPS) is 15.6. The van der Waals surface area contributed by atoms with E-state index in [1.54, 1.807) is 0 Å². The molecule has 10 heteroatoms. The van der Waals surface area contributed by atoms with Gasteiger partial charge >= 0.3 is 0 Å². The van der Waals surface area contributed by atoms with E-state index in [0.29, 0.717) is 39.9 Å². The van der Waals surface area contributed by atoms with Crippen LogP contribution in [0.1, 0.15) is 30.4 Å². The van der Waals surface area contributed by atoms with Gasteiger partial charge in [0.2, 0.25) is 0 Å². The molecule has 174 valence electrons. The molecule has 4 heterocycles. The third-order valence-electron chi connectivity index (χ3n) is 5.87. The Labute approximate surface area is 193 Å². The second kappa shape index (κ2) is 8.45. The van der Waals surface area contributed by atoms with Crippen LogP contribution in [0.15, 0.2) is 53.8 Å². The van der Waals surface area contributed by atoms with E-state index in [1.807, 2.05) is 55.8 Å². The molecule has 0 saturated heterocycles. The number of aryl methyl sites for hydroxylation is 2. The zero-order valence-electron chi connectivity index (χ0n) is 18.9. The summed E-state index contributed by atoms with van der Waals surface area (Å²) >= 11 is 0. The molecule has 0 fully saturated rings. The minimum atomic E-state index is -2.68. The predicted molar refractivity (Wildman–Crippen MR) is 125 cm³/mol. The van der Waals surface area contributed by atoms with Crippen molar-refractivity contribution >= 4 is 28.1 Å². The summed E-state index contributed by atoms with van der Waals surface area (Å²) in [5, 5.41) is 21.8. The van der Waals surface area contributed by atoms with E-state index in [1.165, 1.54) is 23.3 Å². The largest absolute Gasteiger partial charge is 0.370 e. The molecule has 0 saturated carbocycles. The second-order valence-corrected chi connectivity index (χ2v) is 7.99. The highest BCUT2D eigenvalue weighted by molar-refractivity contribution is 5.81. The Hall–Kier alpha value is -3.92. The summed E-state index contributed by atoms with van der Waals surface area (Å²) in [6, 6.07) is 12.0. The number of rotatable bonds is 5. The molecule has 0 spiro atoms. The SMILES string of the molecule is CCNc1ccc2c(n1)=C(c1ccc(C(F)F)nc1)C(O)N(c1ccc3nc(C)n(C)c3c1)N=2. The lowest BCUT2D eigenvalue weighted by molar-refractivity contribution is 0.146. The fourth-order valence-corrected chi connectivity index (χ4v) is 4.05. The van der Waals surface area contributed by atoms with E-state index >= 15 is 0 Å². The van der Waals surface area contributed by atoms with Gasteiger partial charge in [0.15, 0.2) is 6.23 Å². The van der Waals surface area contributed by atoms with Gasteiger partial charge in [0.25, 0.3) is 6.43 Å². The lowest BCUT2D eigenvalue weighted by Crippen LogP contribution is -2.47. The standard InChI is InChI=1S/C24H23F2N7O/c1-4-27-20-10-9-17-22(30-20)21(14-5-7-18(23(25)26)28-12-14)24(34)33(31-17)15-6-8-16-19(11-15)32(3)13(2)29-16/h5-12,23-24,34H,4H2,1-3H3,(H,27,30). The highest BCUT2D eigenvalue weighted by atomic mass is 19.3. The molecule has 2 N–H and O–H groups in total. The maximum atomic E-state index is 13.1. The lowest BCUT2D eigenvalue weighted by Gasteiger charge is -2.29. The van der Waals surface area contributed by atoms with E-state index in [9.17, 15) is 13.9 Å².